The molecule has 0 unspecified atom stereocenters. The molecule has 2 aromatic rings. The Morgan fingerprint density at radius 1 is 1.14 bits per heavy atom. The van der Waals surface area contributed by atoms with Gasteiger partial charge in [0.25, 0.3) is 0 Å². The summed E-state index contributed by atoms with van der Waals surface area (Å²) in [5, 5.41) is 8.15. The minimum atomic E-state index is 0.113. The first kappa shape index (κ1) is 15.4. The number of hydrogen-bond acceptors (Lipinski definition) is 3. The van der Waals surface area contributed by atoms with Crippen LogP contribution in [-0.4, -0.2) is 16.0 Å². The Kier molecular flexibility index (Phi) is 4.84. The average molecular weight is 282 g/mol. The van der Waals surface area contributed by atoms with Crippen LogP contribution in [0.25, 0.3) is 0 Å². The lowest BCUT2D eigenvalue weighted by Crippen LogP contribution is -2.10. The summed E-state index contributed by atoms with van der Waals surface area (Å²) < 4.78 is 0. The van der Waals surface area contributed by atoms with Crippen LogP contribution >= 0.6 is 0 Å². The quantitative estimate of drug-likeness (QED) is 0.781. The topological polar surface area (TPSA) is 42.9 Å². The second kappa shape index (κ2) is 6.61. The van der Waals surface area contributed by atoms with Crippen LogP contribution in [0.1, 0.15) is 59.6 Å². The summed E-state index contributed by atoms with van der Waals surface area (Å²) in [5.74, 6) is 0.621. The van der Waals surface area contributed by atoms with E-state index in [0.717, 1.165) is 23.4 Å². The van der Waals surface area contributed by atoms with Gasteiger partial charge in [-0.1, -0.05) is 45.0 Å². The Labute approximate surface area is 126 Å². The van der Waals surface area contributed by atoms with Crippen LogP contribution in [0.2, 0.25) is 0 Å². The van der Waals surface area contributed by atoms with E-state index >= 15 is 0 Å². The zero-order chi connectivity index (χ0) is 15.4. The summed E-state index contributed by atoms with van der Waals surface area (Å²) in [6.07, 6.45) is 1.14. The zero-order valence-corrected chi connectivity index (χ0v) is 13.2. The van der Waals surface area contributed by atoms with E-state index in [0.29, 0.717) is 17.9 Å². The fourth-order valence-electron chi connectivity index (χ4n) is 2.32. The van der Waals surface area contributed by atoms with Gasteiger partial charge in [0.1, 0.15) is 0 Å². The lowest BCUT2D eigenvalue weighted by Gasteiger charge is -2.08. The van der Waals surface area contributed by atoms with E-state index in [1.807, 2.05) is 32.0 Å². The molecule has 110 valence electrons. The maximum absolute atomic E-state index is 12.5. The van der Waals surface area contributed by atoms with E-state index in [-0.39, 0.29) is 5.78 Å². The van der Waals surface area contributed by atoms with Crippen molar-refractivity contribution in [1.29, 1.82) is 0 Å². The van der Waals surface area contributed by atoms with Crippen molar-refractivity contribution < 1.29 is 4.79 Å². The van der Waals surface area contributed by atoms with Crippen molar-refractivity contribution in [2.75, 3.05) is 0 Å². The minimum Gasteiger partial charge on any atom is -0.294 e. The van der Waals surface area contributed by atoms with Gasteiger partial charge < -0.3 is 0 Å². The predicted octanol–water partition coefficient (Wildman–Crippen LogP) is 3.90. The van der Waals surface area contributed by atoms with Crippen molar-refractivity contribution in [3.05, 3.63) is 58.4 Å². The smallest absolute Gasteiger partial charge is 0.169 e. The normalized spacial score (nSPS) is 10.9. The molecule has 3 nitrogen and oxygen atoms in total. The minimum absolute atomic E-state index is 0.113. The largest absolute Gasteiger partial charge is 0.294 e. The Bertz CT molecular complexity index is 630. The number of carbonyl (C=O) groups is 1. The maximum Gasteiger partial charge on any atom is 0.169 e. The molecule has 0 saturated carbocycles. The van der Waals surface area contributed by atoms with Gasteiger partial charge in [-0.25, -0.2) is 0 Å². The number of aryl methyl sites for hydroxylation is 2. The zero-order valence-electron chi connectivity index (χ0n) is 13.2. The molecule has 0 radical (unpaired) electrons. The molecule has 0 N–H and O–H groups in total. The highest BCUT2D eigenvalue weighted by Crippen LogP contribution is 2.17. The van der Waals surface area contributed by atoms with E-state index in [2.05, 4.69) is 36.2 Å². The van der Waals surface area contributed by atoms with Crippen molar-refractivity contribution in [2.45, 2.75) is 46.5 Å². The number of carbonyl (C=O) groups excluding carboxylic acids is 1. The number of nitrogens with zero attached hydrogens (tertiary/aromatic N) is 2. The van der Waals surface area contributed by atoms with Crippen molar-refractivity contribution in [2.24, 2.45) is 0 Å². The van der Waals surface area contributed by atoms with Crippen LogP contribution in [0, 0.1) is 6.92 Å². The molecule has 0 aliphatic rings. The van der Waals surface area contributed by atoms with Gasteiger partial charge in [0.15, 0.2) is 5.78 Å². The van der Waals surface area contributed by atoms with Gasteiger partial charge in [-0.15, -0.1) is 0 Å². The SMILES string of the molecule is CCc1nnc(C)cc1C(=O)Cc1ccc(C(C)C)cc1. The fourth-order valence-corrected chi connectivity index (χ4v) is 2.32. The molecule has 2 rings (SSSR count). The van der Waals surface area contributed by atoms with E-state index in [1.165, 1.54) is 5.56 Å². The van der Waals surface area contributed by atoms with Gasteiger partial charge in [-0.2, -0.15) is 10.2 Å². The van der Waals surface area contributed by atoms with Gasteiger partial charge >= 0.3 is 0 Å². The second-order valence-electron chi connectivity index (χ2n) is 5.70. The highest BCUT2D eigenvalue weighted by Gasteiger charge is 2.13. The molecule has 0 amide bonds. The highest BCUT2D eigenvalue weighted by molar-refractivity contribution is 5.98. The molecule has 0 fully saturated rings. The van der Waals surface area contributed by atoms with Crippen LogP contribution in [0.3, 0.4) is 0 Å². The van der Waals surface area contributed by atoms with Gasteiger partial charge in [0.05, 0.1) is 11.4 Å². The van der Waals surface area contributed by atoms with E-state index in [1.54, 1.807) is 0 Å². The Morgan fingerprint density at radius 3 is 2.38 bits per heavy atom. The molecule has 21 heavy (non-hydrogen) atoms. The highest BCUT2D eigenvalue weighted by atomic mass is 16.1. The van der Waals surface area contributed by atoms with E-state index in [4.69, 9.17) is 0 Å². The summed E-state index contributed by atoms with van der Waals surface area (Å²) in [5.41, 5.74) is 4.61. The monoisotopic (exact) mass is 282 g/mol. The Balaban J connectivity index is 2.19. The number of aromatic nitrogens is 2. The molecule has 0 aliphatic heterocycles. The molecule has 3 heteroatoms. The summed E-state index contributed by atoms with van der Waals surface area (Å²) in [7, 11) is 0. The van der Waals surface area contributed by atoms with Gasteiger partial charge in [-0.3, -0.25) is 4.79 Å². The van der Waals surface area contributed by atoms with Crippen LogP contribution in [0.15, 0.2) is 30.3 Å². The maximum atomic E-state index is 12.5. The summed E-state index contributed by atoms with van der Waals surface area (Å²) in [6, 6.07) is 10.1. The Hall–Kier alpha value is -2.03. The van der Waals surface area contributed by atoms with E-state index in [9.17, 15) is 4.79 Å². The van der Waals surface area contributed by atoms with Crippen LogP contribution in [0.5, 0.6) is 0 Å². The average Bonchev–Trinajstić information content (AvgIpc) is 2.47. The first-order valence-corrected chi connectivity index (χ1v) is 7.46. The number of rotatable bonds is 5. The number of Topliss-reactive ketones (excluding diaryl/α,β-unsaturated/α-hetero) is 1. The second-order valence-corrected chi connectivity index (χ2v) is 5.70. The third kappa shape index (κ3) is 3.75. The third-order valence-corrected chi connectivity index (χ3v) is 3.64. The summed E-state index contributed by atoms with van der Waals surface area (Å²) in [6.45, 7) is 8.19. The lowest BCUT2D eigenvalue weighted by atomic mass is 9.97. The van der Waals surface area contributed by atoms with Gasteiger partial charge in [0.2, 0.25) is 0 Å². The molecule has 0 spiro atoms. The van der Waals surface area contributed by atoms with Crippen LogP contribution < -0.4 is 0 Å². The molecule has 1 heterocycles. The van der Waals surface area contributed by atoms with Crippen molar-refractivity contribution >= 4 is 5.78 Å². The number of ketones is 1. The molecule has 1 aromatic heterocycles. The van der Waals surface area contributed by atoms with Crippen LogP contribution in [0.4, 0.5) is 0 Å². The molecule has 0 bridgehead atoms. The first-order chi connectivity index (χ1) is 10.0. The molecule has 0 atom stereocenters. The van der Waals surface area contributed by atoms with Crippen molar-refractivity contribution in [3.8, 4) is 0 Å². The summed E-state index contributed by atoms with van der Waals surface area (Å²) >= 11 is 0. The number of hydrogen-bond donors (Lipinski definition) is 0. The first-order valence-electron chi connectivity index (χ1n) is 7.46. The molecule has 1 aromatic carbocycles. The van der Waals surface area contributed by atoms with Gasteiger partial charge in [0, 0.05) is 12.0 Å². The van der Waals surface area contributed by atoms with Crippen molar-refractivity contribution in [3.63, 3.8) is 0 Å². The predicted molar refractivity (Wildman–Crippen MR) is 84.7 cm³/mol. The molecule has 0 saturated heterocycles. The standard InChI is InChI=1S/C18H22N2O/c1-5-17-16(10-13(4)19-20-17)18(21)11-14-6-8-15(9-7-14)12(2)3/h6-10,12H,5,11H2,1-4H3. The molecular weight excluding hydrogens is 260 g/mol. The van der Waals surface area contributed by atoms with E-state index < -0.39 is 0 Å². The molecular formula is C18H22N2O. The summed E-state index contributed by atoms with van der Waals surface area (Å²) in [4.78, 5) is 12.5. The lowest BCUT2D eigenvalue weighted by molar-refractivity contribution is 0.0991. The Morgan fingerprint density at radius 2 is 1.81 bits per heavy atom. The van der Waals surface area contributed by atoms with Crippen LogP contribution in [-0.2, 0) is 12.8 Å². The van der Waals surface area contributed by atoms with Crippen molar-refractivity contribution in [1.82, 2.24) is 10.2 Å². The third-order valence-electron chi connectivity index (χ3n) is 3.64. The van der Waals surface area contributed by atoms with Gasteiger partial charge in [-0.05, 0) is 36.5 Å². The molecule has 0 aliphatic carbocycles. The fraction of sp³-hybridized carbons (Fsp3) is 0.389. The number of benzene rings is 1.